The lowest BCUT2D eigenvalue weighted by Crippen LogP contribution is -2.44. The van der Waals surface area contributed by atoms with Crippen molar-refractivity contribution in [1.29, 1.82) is 0 Å². The van der Waals surface area contributed by atoms with E-state index in [1.807, 2.05) is 0 Å². The van der Waals surface area contributed by atoms with Gasteiger partial charge in [-0.1, -0.05) is 45.9 Å². The summed E-state index contributed by atoms with van der Waals surface area (Å²) in [7, 11) is -3.42. The predicted molar refractivity (Wildman–Crippen MR) is 128 cm³/mol. The summed E-state index contributed by atoms with van der Waals surface area (Å²) in [5.41, 5.74) is 0. The molecule has 0 bridgehead atoms. The molecule has 0 aliphatic rings. The molecule has 0 aliphatic carbocycles. The molecule has 0 aliphatic heterocycles. The first kappa shape index (κ1) is 27.4. The average molecular weight is 455 g/mol. The van der Waals surface area contributed by atoms with E-state index >= 15 is 0 Å². The minimum absolute atomic E-state index is 0.0743. The predicted octanol–water partition coefficient (Wildman–Crippen LogP) is 2.94. The minimum Gasteiger partial charge on any atom is -0.338 e. The van der Waals surface area contributed by atoms with E-state index in [0.29, 0.717) is 18.0 Å². The third-order valence-corrected chi connectivity index (χ3v) is 7.35. The Balaban J connectivity index is 2.65. The molecular weight excluding hydrogens is 412 g/mol. The second-order valence-electron chi connectivity index (χ2n) is 7.61. The number of sulfone groups is 1. The van der Waals surface area contributed by atoms with Crippen molar-refractivity contribution in [1.82, 2.24) is 20.0 Å². The van der Waals surface area contributed by atoms with Crippen LogP contribution >= 0.6 is 0 Å². The van der Waals surface area contributed by atoms with Gasteiger partial charge >= 0.3 is 6.03 Å². The van der Waals surface area contributed by atoms with E-state index in [1.54, 1.807) is 35.2 Å². The van der Waals surface area contributed by atoms with E-state index in [-0.39, 0.29) is 18.3 Å². The summed E-state index contributed by atoms with van der Waals surface area (Å²) < 4.78 is 25.3. The van der Waals surface area contributed by atoms with Crippen LogP contribution in [0.3, 0.4) is 0 Å². The Morgan fingerprint density at radius 2 is 1.35 bits per heavy atom. The number of carbonyl (C=O) groups excluding carboxylic acids is 1. The Kier molecular flexibility index (Phi) is 13.4. The molecule has 0 saturated carbocycles. The second kappa shape index (κ2) is 15.2. The van der Waals surface area contributed by atoms with Crippen LogP contribution in [0.1, 0.15) is 40.5 Å². The van der Waals surface area contributed by atoms with Gasteiger partial charge in [0, 0.05) is 19.6 Å². The summed E-state index contributed by atoms with van der Waals surface area (Å²) in [6.45, 7) is 15.6. The molecule has 1 N–H and O–H groups in total. The maximum absolute atomic E-state index is 12.8. The van der Waals surface area contributed by atoms with Gasteiger partial charge in [0.05, 0.1) is 10.6 Å². The molecule has 8 heteroatoms. The average Bonchev–Trinajstić information content (AvgIpc) is 2.79. The summed E-state index contributed by atoms with van der Waals surface area (Å²) in [5.74, 6) is -0.0743. The first-order valence-electron chi connectivity index (χ1n) is 11.6. The molecule has 31 heavy (non-hydrogen) atoms. The van der Waals surface area contributed by atoms with Gasteiger partial charge in [-0.15, -0.1) is 0 Å². The highest BCUT2D eigenvalue weighted by atomic mass is 32.2. The van der Waals surface area contributed by atoms with E-state index < -0.39 is 9.84 Å². The number of hydrogen-bond acceptors (Lipinski definition) is 5. The van der Waals surface area contributed by atoms with Crippen molar-refractivity contribution in [2.75, 3.05) is 64.7 Å². The molecule has 0 heterocycles. The summed E-state index contributed by atoms with van der Waals surface area (Å²) in [4.78, 5) is 19.4. The smallest absolute Gasteiger partial charge is 0.317 e. The van der Waals surface area contributed by atoms with Gasteiger partial charge in [0.25, 0.3) is 0 Å². The lowest BCUT2D eigenvalue weighted by atomic mass is 10.3. The number of nitrogens with zero attached hydrogens (tertiary/aromatic N) is 3. The van der Waals surface area contributed by atoms with Crippen molar-refractivity contribution in [2.45, 2.75) is 45.4 Å². The van der Waals surface area contributed by atoms with Gasteiger partial charge in [-0.3, -0.25) is 0 Å². The van der Waals surface area contributed by atoms with Crippen molar-refractivity contribution in [3.63, 3.8) is 0 Å². The highest BCUT2D eigenvalue weighted by Gasteiger charge is 2.19. The van der Waals surface area contributed by atoms with Crippen LogP contribution in [0.25, 0.3) is 0 Å². The van der Waals surface area contributed by atoms with Crippen LogP contribution in [0.5, 0.6) is 0 Å². The number of benzene rings is 1. The summed E-state index contributed by atoms with van der Waals surface area (Å²) in [5, 5.41) is 2.98. The summed E-state index contributed by atoms with van der Waals surface area (Å²) >= 11 is 0. The molecule has 0 radical (unpaired) electrons. The summed E-state index contributed by atoms with van der Waals surface area (Å²) in [6.07, 6.45) is 1.70. The Hall–Kier alpha value is -1.64. The van der Waals surface area contributed by atoms with E-state index in [4.69, 9.17) is 0 Å². The molecule has 0 spiro atoms. The normalized spacial score (nSPS) is 11.8. The molecule has 1 aromatic rings. The van der Waals surface area contributed by atoms with Gasteiger partial charge in [-0.2, -0.15) is 0 Å². The van der Waals surface area contributed by atoms with Crippen molar-refractivity contribution in [3.8, 4) is 0 Å². The molecule has 7 nitrogen and oxygen atoms in total. The minimum atomic E-state index is -3.42. The zero-order valence-corrected chi connectivity index (χ0v) is 20.7. The molecule has 1 rings (SSSR count). The molecule has 0 atom stereocenters. The van der Waals surface area contributed by atoms with Crippen molar-refractivity contribution in [3.05, 3.63) is 30.3 Å². The van der Waals surface area contributed by atoms with Gasteiger partial charge in [0.15, 0.2) is 9.84 Å². The van der Waals surface area contributed by atoms with Crippen LogP contribution in [0.4, 0.5) is 4.79 Å². The van der Waals surface area contributed by atoms with Crippen LogP contribution in [0, 0.1) is 0 Å². The first-order chi connectivity index (χ1) is 14.9. The Labute approximate surface area is 189 Å². The zero-order chi connectivity index (χ0) is 23.1. The van der Waals surface area contributed by atoms with Crippen LogP contribution in [0.15, 0.2) is 35.2 Å². The summed E-state index contributed by atoms with van der Waals surface area (Å²) in [6, 6.07) is 8.27. The van der Waals surface area contributed by atoms with Gasteiger partial charge in [0.2, 0.25) is 0 Å². The molecule has 2 amide bonds. The van der Waals surface area contributed by atoms with Crippen LogP contribution < -0.4 is 5.32 Å². The van der Waals surface area contributed by atoms with Gasteiger partial charge in [-0.25, -0.2) is 13.2 Å². The maximum atomic E-state index is 12.8. The van der Waals surface area contributed by atoms with Crippen LogP contribution in [-0.2, 0) is 9.84 Å². The van der Waals surface area contributed by atoms with Crippen LogP contribution in [0.2, 0.25) is 0 Å². The maximum Gasteiger partial charge on any atom is 0.317 e. The molecule has 0 fully saturated rings. The van der Waals surface area contributed by atoms with Crippen molar-refractivity contribution >= 4 is 15.9 Å². The number of carbonyl (C=O) groups is 1. The van der Waals surface area contributed by atoms with E-state index in [2.05, 4.69) is 42.8 Å². The quantitative estimate of drug-likeness (QED) is 0.389. The zero-order valence-electron chi connectivity index (χ0n) is 19.8. The third-order valence-electron chi connectivity index (χ3n) is 5.64. The Morgan fingerprint density at radius 3 is 1.90 bits per heavy atom. The molecule has 178 valence electrons. The fourth-order valence-electron chi connectivity index (χ4n) is 3.47. The molecule has 1 aromatic carbocycles. The number of nitrogens with one attached hydrogen (secondary N) is 1. The lowest BCUT2D eigenvalue weighted by molar-refractivity contribution is 0.194. The SMILES string of the molecule is CCN(CC)CCCNC(=O)N(CCCN(CC)CC)CCS(=O)(=O)c1ccccc1. The largest absolute Gasteiger partial charge is 0.338 e. The number of hydrogen-bond donors (Lipinski definition) is 1. The van der Waals surface area contributed by atoms with Crippen molar-refractivity contribution in [2.24, 2.45) is 0 Å². The van der Waals surface area contributed by atoms with Crippen LogP contribution in [-0.4, -0.2) is 93.8 Å². The third kappa shape index (κ3) is 10.5. The van der Waals surface area contributed by atoms with Crippen molar-refractivity contribution < 1.29 is 13.2 Å². The fraction of sp³-hybridized carbons (Fsp3) is 0.696. The topological polar surface area (TPSA) is 73.0 Å². The Morgan fingerprint density at radius 1 is 0.806 bits per heavy atom. The van der Waals surface area contributed by atoms with Gasteiger partial charge in [0.1, 0.15) is 0 Å². The molecule has 0 saturated heterocycles. The van der Waals surface area contributed by atoms with E-state index in [1.165, 1.54) is 0 Å². The van der Waals surface area contributed by atoms with Gasteiger partial charge < -0.3 is 20.0 Å². The fourth-order valence-corrected chi connectivity index (χ4v) is 4.73. The Bertz CT molecular complexity index is 705. The molecule has 0 aromatic heterocycles. The lowest BCUT2D eigenvalue weighted by Gasteiger charge is -2.25. The number of urea groups is 1. The molecule has 0 unspecified atom stereocenters. The molecular formula is C23H42N4O3S. The standard InChI is InChI=1S/C23H42N4O3S/c1-5-25(6-2)17-12-16-24-23(28)27(19-13-18-26(7-3)8-4)20-21-31(29,30)22-14-10-9-11-15-22/h9-11,14-15H,5-8,12-13,16-21H2,1-4H3,(H,24,28). The number of amides is 2. The van der Waals surface area contributed by atoms with Gasteiger partial charge in [-0.05, 0) is 64.2 Å². The first-order valence-corrected chi connectivity index (χ1v) is 13.3. The van der Waals surface area contributed by atoms with E-state index in [9.17, 15) is 13.2 Å². The van der Waals surface area contributed by atoms with E-state index in [0.717, 1.165) is 52.1 Å². The monoisotopic (exact) mass is 454 g/mol. The second-order valence-corrected chi connectivity index (χ2v) is 9.72. The number of rotatable bonds is 16. The highest BCUT2D eigenvalue weighted by molar-refractivity contribution is 7.91. The highest BCUT2D eigenvalue weighted by Crippen LogP contribution is 2.10.